The molecule has 126 valence electrons. The molecule has 0 aromatic carbocycles. The van der Waals surface area contributed by atoms with Crippen LogP contribution in [-0.4, -0.2) is 43.7 Å². The molecule has 1 aliphatic heterocycles. The standard InChI is InChI=1S/C15H27N3O3S/c1-11(14-17-9-13(21-14)15(2,3)4)18-8-6-7-12(10-18)22(19,20)16-5/h9,11-12,16H,6-8,10H2,1-5H3/t11-,12-/m1/s1. The van der Waals surface area contributed by atoms with Crippen molar-refractivity contribution in [2.45, 2.75) is 57.2 Å². The molecule has 1 saturated heterocycles. The van der Waals surface area contributed by atoms with Crippen LogP contribution < -0.4 is 4.72 Å². The third-order valence-corrected chi connectivity index (χ3v) is 6.13. The summed E-state index contributed by atoms with van der Waals surface area (Å²) < 4.78 is 32.4. The predicted molar refractivity (Wildman–Crippen MR) is 86.2 cm³/mol. The summed E-state index contributed by atoms with van der Waals surface area (Å²) >= 11 is 0. The summed E-state index contributed by atoms with van der Waals surface area (Å²) in [6.45, 7) is 9.64. The lowest BCUT2D eigenvalue weighted by atomic mass is 9.94. The summed E-state index contributed by atoms with van der Waals surface area (Å²) in [7, 11) is -1.76. The van der Waals surface area contributed by atoms with Crippen LogP contribution in [0.15, 0.2) is 10.6 Å². The van der Waals surface area contributed by atoms with Crippen molar-refractivity contribution in [3.63, 3.8) is 0 Å². The molecule has 1 aromatic heterocycles. The van der Waals surface area contributed by atoms with Crippen LogP contribution >= 0.6 is 0 Å². The normalized spacial score (nSPS) is 22.7. The molecule has 2 heterocycles. The molecule has 1 N–H and O–H groups in total. The highest BCUT2D eigenvalue weighted by Gasteiger charge is 2.33. The fourth-order valence-corrected chi connectivity index (χ4v) is 3.92. The van der Waals surface area contributed by atoms with Crippen molar-refractivity contribution in [3.8, 4) is 0 Å². The summed E-state index contributed by atoms with van der Waals surface area (Å²) in [6, 6.07) is -0.0223. The lowest BCUT2D eigenvalue weighted by Crippen LogP contribution is -2.46. The Morgan fingerprint density at radius 2 is 2.14 bits per heavy atom. The molecule has 0 radical (unpaired) electrons. The predicted octanol–water partition coefficient (Wildman–Crippen LogP) is 2.05. The van der Waals surface area contributed by atoms with Crippen molar-refractivity contribution in [1.82, 2.24) is 14.6 Å². The van der Waals surface area contributed by atoms with Gasteiger partial charge in [-0.2, -0.15) is 0 Å². The van der Waals surface area contributed by atoms with Crippen LogP contribution in [0.25, 0.3) is 0 Å². The van der Waals surface area contributed by atoms with E-state index in [0.29, 0.717) is 18.9 Å². The number of rotatable bonds is 4. The Kier molecular flexibility index (Phi) is 4.99. The Labute approximate surface area is 133 Å². The average Bonchev–Trinajstić information content (AvgIpc) is 2.96. The Balaban J connectivity index is 2.12. The van der Waals surface area contributed by atoms with Gasteiger partial charge in [0.25, 0.3) is 0 Å². The molecule has 0 spiro atoms. The van der Waals surface area contributed by atoms with E-state index in [4.69, 9.17) is 4.42 Å². The maximum Gasteiger partial charge on any atom is 0.215 e. The van der Waals surface area contributed by atoms with Crippen molar-refractivity contribution in [1.29, 1.82) is 0 Å². The minimum absolute atomic E-state index is 0.0223. The SMILES string of the molecule is CNS(=O)(=O)[C@@H]1CCCN([C@H](C)c2ncc(C(C)(C)C)o2)C1. The number of nitrogens with one attached hydrogen (secondary N) is 1. The van der Waals surface area contributed by atoms with E-state index in [9.17, 15) is 8.42 Å². The van der Waals surface area contributed by atoms with Gasteiger partial charge in [0.1, 0.15) is 5.76 Å². The molecule has 2 atom stereocenters. The second-order valence-corrected chi connectivity index (χ2v) is 9.16. The van der Waals surface area contributed by atoms with Gasteiger partial charge in [0.2, 0.25) is 15.9 Å². The van der Waals surface area contributed by atoms with Gasteiger partial charge >= 0.3 is 0 Å². The highest BCUT2D eigenvalue weighted by Crippen LogP contribution is 2.29. The first-order chi connectivity index (χ1) is 10.1. The maximum atomic E-state index is 12.0. The quantitative estimate of drug-likeness (QED) is 0.915. The molecular weight excluding hydrogens is 302 g/mol. The second-order valence-electron chi connectivity index (χ2n) is 7.00. The summed E-state index contributed by atoms with van der Waals surface area (Å²) in [5, 5.41) is -0.370. The summed E-state index contributed by atoms with van der Waals surface area (Å²) in [5.74, 6) is 1.51. The highest BCUT2D eigenvalue weighted by molar-refractivity contribution is 7.90. The van der Waals surface area contributed by atoms with Gasteiger partial charge in [-0.25, -0.2) is 18.1 Å². The monoisotopic (exact) mass is 329 g/mol. The molecule has 6 nitrogen and oxygen atoms in total. The third kappa shape index (κ3) is 3.70. The van der Waals surface area contributed by atoms with Gasteiger partial charge in [-0.05, 0) is 33.4 Å². The first kappa shape index (κ1) is 17.4. The van der Waals surface area contributed by atoms with Crippen molar-refractivity contribution in [2.75, 3.05) is 20.1 Å². The smallest absolute Gasteiger partial charge is 0.215 e. The molecular formula is C15H27N3O3S. The van der Waals surface area contributed by atoms with Crippen LogP contribution in [0.5, 0.6) is 0 Å². The van der Waals surface area contributed by atoms with Gasteiger partial charge in [-0.3, -0.25) is 4.90 Å². The van der Waals surface area contributed by atoms with E-state index in [-0.39, 0.29) is 16.7 Å². The van der Waals surface area contributed by atoms with Crippen LogP contribution in [0.4, 0.5) is 0 Å². The van der Waals surface area contributed by atoms with Crippen LogP contribution in [0.1, 0.15) is 58.2 Å². The minimum atomic E-state index is -3.23. The molecule has 0 aliphatic carbocycles. The Morgan fingerprint density at radius 3 is 2.68 bits per heavy atom. The van der Waals surface area contributed by atoms with E-state index in [0.717, 1.165) is 18.7 Å². The minimum Gasteiger partial charge on any atom is -0.443 e. The van der Waals surface area contributed by atoms with E-state index in [2.05, 4.69) is 35.4 Å². The lowest BCUT2D eigenvalue weighted by Gasteiger charge is -2.35. The van der Waals surface area contributed by atoms with Gasteiger partial charge in [0.05, 0.1) is 17.5 Å². The Hall–Kier alpha value is -0.920. The van der Waals surface area contributed by atoms with Crippen molar-refractivity contribution in [2.24, 2.45) is 0 Å². The van der Waals surface area contributed by atoms with Crippen LogP contribution in [0.3, 0.4) is 0 Å². The van der Waals surface area contributed by atoms with Gasteiger partial charge in [-0.15, -0.1) is 0 Å². The number of hydrogen-bond donors (Lipinski definition) is 1. The molecule has 2 rings (SSSR count). The van der Waals surface area contributed by atoms with Gasteiger partial charge < -0.3 is 4.42 Å². The zero-order chi connectivity index (χ0) is 16.5. The zero-order valence-corrected chi connectivity index (χ0v) is 14.9. The van der Waals surface area contributed by atoms with E-state index >= 15 is 0 Å². The molecule has 1 aromatic rings. The van der Waals surface area contributed by atoms with Crippen molar-refractivity contribution >= 4 is 10.0 Å². The number of sulfonamides is 1. The fraction of sp³-hybridized carbons (Fsp3) is 0.800. The zero-order valence-electron chi connectivity index (χ0n) is 14.1. The molecule has 0 bridgehead atoms. The van der Waals surface area contributed by atoms with E-state index in [1.807, 2.05) is 6.92 Å². The van der Waals surface area contributed by atoms with Gasteiger partial charge in [0.15, 0.2) is 0 Å². The largest absolute Gasteiger partial charge is 0.443 e. The number of oxazole rings is 1. The van der Waals surface area contributed by atoms with E-state index in [1.54, 1.807) is 6.20 Å². The molecule has 22 heavy (non-hydrogen) atoms. The summed E-state index contributed by atoms with van der Waals surface area (Å²) in [5.41, 5.74) is -0.0785. The molecule has 0 amide bonds. The maximum absolute atomic E-state index is 12.0. The van der Waals surface area contributed by atoms with Crippen LogP contribution in [-0.2, 0) is 15.4 Å². The van der Waals surface area contributed by atoms with Gasteiger partial charge in [0, 0.05) is 12.0 Å². The van der Waals surface area contributed by atoms with Crippen LogP contribution in [0.2, 0.25) is 0 Å². The molecule has 7 heteroatoms. The number of likely N-dealkylation sites (tertiary alicyclic amines) is 1. The average molecular weight is 329 g/mol. The molecule has 0 saturated carbocycles. The first-order valence-electron chi connectivity index (χ1n) is 7.78. The first-order valence-corrected chi connectivity index (χ1v) is 9.32. The van der Waals surface area contributed by atoms with Crippen molar-refractivity contribution in [3.05, 3.63) is 17.8 Å². The summed E-state index contributed by atoms with van der Waals surface area (Å²) in [4.78, 5) is 6.53. The number of piperidine rings is 1. The fourth-order valence-electron chi connectivity index (χ4n) is 2.72. The number of nitrogens with zero attached hydrogens (tertiary/aromatic N) is 2. The van der Waals surface area contributed by atoms with Crippen molar-refractivity contribution < 1.29 is 12.8 Å². The van der Waals surface area contributed by atoms with E-state index < -0.39 is 10.0 Å². The number of aromatic nitrogens is 1. The summed E-state index contributed by atoms with van der Waals surface area (Å²) in [6.07, 6.45) is 3.34. The highest BCUT2D eigenvalue weighted by atomic mass is 32.2. The van der Waals surface area contributed by atoms with Gasteiger partial charge in [-0.1, -0.05) is 20.8 Å². The second kappa shape index (κ2) is 6.29. The Morgan fingerprint density at radius 1 is 1.45 bits per heavy atom. The topological polar surface area (TPSA) is 75.4 Å². The molecule has 0 unspecified atom stereocenters. The van der Waals surface area contributed by atoms with Crippen LogP contribution in [0, 0.1) is 0 Å². The third-order valence-electron chi connectivity index (χ3n) is 4.30. The number of hydrogen-bond acceptors (Lipinski definition) is 5. The molecule has 1 aliphatic rings. The lowest BCUT2D eigenvalue weighted by molar-refractivity contribution is 0.151. The molecule has 1 fully saturated rings. The Bertz CT molecular complexity index is 604. The van der Waals surface area contributed by atoms with E-state index in [1.165, 1.54) is 7.05 Å².